The summed E-state index contributed by atoms with van der Waals surface area (Å²) in [5.74, 6) is -1.22. The van der Waals surface area contributed by atoms with Gasteiger partial charge in [-0.1, -0.05) is 20.8 Å². The van der Waals surface area contributed by atoms with E-state index < -0.39 is 11.9 Å². The molecule has 0 spiro atoms. The summed E-state index contributed by atoms with van der Waals surface area (Å²) in [4.78, 5) is 22.4. The van der Waals surface area contributed by atoms with Gasteiger partial charge in [-0.25, -0.2) is 0 Å². The second-order valence-corrected chi connectivity index (χ2v) is 4.22. The quantitative estimate of drug-likeness (QED) is 0.649. The molecule has 0 aromatic rings. The van der Waals surface area contributed by atoms with Crippen molar-refractivity contribution in [2.24, 2.45) is 11.3 Å². The van der Waals surface area contributed by atoms with E-state index in [2.05, 4.69) is 9.47 Å². The van der Waals surface area contributed by atoms with E-state index in [4.69, 9.17) is 0 Å². The van der Waals surface area contributed by atoms with Gasteiger partial charge in [0.05, 0.1) is 26.6 Å². The Bertz CT molecular complexity index is 215. The maximum Gasteiger partial charge on any atom is 0.309 e. The molecule has 0 N–H and O–H groups in total. The topological polar surface area (TPSA) is 52.6 Å². The fourth-order valence-electron chi connectivity index (χ4n) is 1.14. The molecule has 0 radical (unpaired) electrons. The molecule has 0 amide bonds. The lowest BCUT2D eigenvalue weighted by Gasteiger charge is -2.27. The first-order chi connectivity index (χ1) is 6.32. The number of hydrogen-bond donors (Lipinski definition) is 0. The van der Waals surface area contributed by atoms with Gasteiger partial charge in [-0.3, -0.25) is 9.59 Å². The smallest absolute Gasteiger partial charge is 0.309 e. The summed E-state index contributed by atoms with van der Waals surface area (Å²) in [6.07, 6.45) is 0.0622. The number of ether oxygens (including phenoxy) is 2. The van der Waals surface area contributed by atoms with Crippen molar-refractivity contribution in [3.8, 4) is 0 Å². The average Bonchev–Trinajstić information content (AvgIpc) is 2.10. The van der Waals surface area contributed by atoms with Gasteiger partial charge in [-0.05, 0) is 5.41 Å². The highest BCUT2D eigenvalue weighted by molar-refractivity contribution is 5.80. The van der Waals surface area contributed by atoms with Gasteiger partial charge in [0.2, 0.25) is 0 Å². The third-order valence-electron chi connectivity index (χ3n) is 2.13. The van der Waals surface area contributed by atoms with Crippen LogP contribution in [0.5, 0.6) is 0 Å². The second-order valence-electron chi connectivity index (χ2n) is 4.22. The second kappa shape index (κ2) is 4.98. The van der Waals surface area contributed by atoms with Crippen molar-refractivity contribution in [3.63, 3.8) is 0 Å². The molecular weight excluding hydrogens is 184 g/mol. The van der Waals surface area contributed by atoms with Crippen LogP contribution < -0.4 is 0 Å². The Kier molecular flexibility index (Phi) is 4.60. The molecule has 0 aliphatic carbocycles. The summed E-state index contributed by atoms with van der Waals surface area (Å²) < 4.78 is 9.16. The van der Waals surface area contributed by atoms with Crippen LogP contribution in [0.2, 0.25) is 0 Å². The molecular formula is C10H18O4. The Morgan fingerprint density at radius 3 is 1.93 bits per heavy atom. The highest BCUT2D eigenvalue weighted by Gasteiger charge is 2.34. The Morgan fingerprint density at radius 1 is 1.14 bits per heavy atom. The highest BCUT2D eigenvalue weighted by Crippen LogP contribution is 2.29. The fraction of sp³-hybridized carbons (Fsp3) is 0.800. The molecule has 14 heavy (non-hydrogen) atoms. The summed E-state index contributed by atoms with van der Waals surface area (Å²) in [6.45, 7) is 5.66. The number of esters is 2. The van der Waals surface area contributed by atoms with Crippen LogP contribution in [-0.4, -0.2) is 26.2 Å². The summed E-state index contributed by atoms with van der Waals surface area (Å²) in [5, 5.41) is 0. The normalized spacial score (nSPS) is 13.2. The van der Waals surface area contributed by atoms with Crippen LogP contribution in [0.15, 0.2) is 0 Å². The van der Waals surface area contributed by atoms with Gasteiger partial charge in [0.15, 0.2) is 0 Å². The zero-order chi connectivity index (χ0) is 11.4. The SMILES string of the molecule is COC(=O)CC(C(=O)OC)C(C)(C)C. The number of carbonyl (C=O) groups is 2. The van der Waals surface area contributed by atoms with Gasteiger partial charge in [0.1, 0.15) is 0 Å². The number of hydrogen-bond acceptors (Lipinski definition) is 4. The zero-order valence-corrected chi connectivity index (χ0v) is 9.42. The van der Waals surface area contributed by atoms with Crippen molar-refractivity contribution in [2.45, 2.75) is 27.2 Å². The molecule has 0 saturated heterocycles. The van der Waals surface area contributed by atoms with E-state index in [1.54, 1.807) is 0 Å². The van der Waals surface area contributed by atoms with Gasteiger partial charge in [0.25, 0.3) is 0 Å². The maximum atomic E-state index is 11.4. The van der Waals surface area contributed by atoms with Gasteiger partial charge >= 0.3 is 11.9 Å². The lowest BCUT2D eigenvalue weighted by Crippen LogP contribution is -2.32. The molecule has 0 saturated carbocycles. The van der Waals surface area contributed by atoms with Gasteiger partial charge in [0, 0.05) is 0 Å². The lowest BCUT2D eigenvalue weighted by atomic mass is 9.79. The van der Waals surface area contributed by atoms with Crippen molar-refractivity contribution in [2.75, 3.05) is 14.2 Å². The van der Waals surface area contributed by atoms with E-state index in [-0.39, 0.29) is 17.8 Å². The average molecular weight is 202 g/mol. The van der Waals surface area contributed by atoms with Crippen LogP contribution in [0, 0.1) is 11.3 Å². The Labute approximate surface area is 84.6 Å². The Morgan fingerprint density at radius 2 is 1.64 bits per heavy atom. The largest absolute Gasteiger partial charge is 0.469 e. The first kappa shape index (κ1) is 12.9. The number of methoxy groups -OCH3 is 2. The minimum atomic E-state index is -0.458. The Hall–Kier alpha value is -1.06. The summed E-state index contributed by atoms with van der Waals surface area (Å²) in [5.41, 5.74) is -0.304. The maximum absolute atomic E-state index is 11.4. The lowest BCUT2D eigenvalue weighted by molar-refractivity contribution is -0.155. The standard InChI is InChI=1S/C10H18O4/c1-10(2,3)7(9(12)14-5)6-8(11)13-4/h7H,6H2,1-5H3. The monoisotopic (exact) mass is 202 g/mol. The van der Waals surface area contributed by atoms with E-state index in [0.29, 0.717) is 0 Å². The molecule has 0 aromatic heterocycles. The van der Waals surface area contributed by atoms with Crippen LogP contribution in [0.1, 0.15) is 27.2 Å². The summed E-state index contributed by atoms with van der Waals surface area (Å²) in [7, 11) is 2.62. The van der Waals surface area contributed by atoms with Crippen molar-refractivity contribution in [1.29, 1.82) is 0 Å². The third-order valence-corrected chi connectivity index (χ3v) is 2.13. The molecule has 0 rings (SSSR count). The number of carbonyl (C=O) groups excluding carboxylic acids is 2. The van der Waals surface area contributed by atoms with E-state index in [1.807, 2.05) is 20.8 Å². The van der Waals surface area contributed by atoms with E-state index in [1.165, 1.54) is 14.2 Å². The minimum Gasteiger partial charge on any atom is -0.469 e. The molecule has 0 fully saturated rings. The predicted octanol–water partition coefficient (Wildman–Crippen LogP) is 1.38. The van der Waals surface area contributed by atoms with Crippen LogP contribution in [-0.2, 0) is 19.1 Å². The zero-order valence-electron chi connectivity index (χ0n) is 9.42. The first-order valence-electron chi connectivity index (χ1n) is 4.47. The van der Waals surface area contributed by atoms with Crippen molar-refractivity contribution in [1.82, 2.24) is 0 Å². The van der Waals surface area contributed by atoms with E-state index in [0.717, 1.165) is 0 Å². The van der Waals surface area contributed by atoms with Gasteiger partial charge in [-0.15, -0.1) is 0 Å². The molecule has 4 heteroatoms. The summed E-state index contributed by atoms with van der Waals surface area (Å²) >= 11 is 0. The Balaban J connectivity index is 4.58. The predicted molar refractivity (Wildman–Crippen MR) is 51.6 cm³/mol. The van der Waals surface area contributed by atoms with Gasteiger partial charge in [-0.2, -0.15) is 0 Å². The molecule has 1 unspecified atom stereocenters. The molecule has 0 bridgehead atoms. The van der Waals surface area contributed by atoms with Crippen LogP contribution in [0.3, 0.4) is 0 Å². The first-order valence-corrected chi connectivity index (χ1v) is 4.47. The van der Waals surface area contributed by atoms with Crippen LogP contribution >= 0.6 is 0 Å². The van der Waals surface area contributed by atoms with E-state index >= 15 is 0 Å². The molecule has 0 aliphatic heterocycles. The van der Waals surface area contributed by atoms with Crippen LogP contribution in [0.25, 0.3) is 0 Å². The molecule has 0 heterocycles. The highest BCUT2D eigenvalue weighted by atomic mass is 16.5. The molecule has 0 aliphatic rings. The molecule has 82 valence electrons. The fourth-order valence-corrected chi connectivity index (χ4v) is 1.14. The van der Waals surface area contributed by atoms with Crippen LogP contribution in [0.4, 0.5) is 0 Å². The molecule has 0 aromatic carbocycles. The summed E-state index contributed by atoms with van der Waals surface area (Å²) in [6, 6.07) is 0. The van der Waals surface area contributed by atoms with E-state index in [9.17, 15) is 9.59 Å². The third kappa shape index (κ3) is 3.77. The van der Waals surface area contributed by atoms with Crippen molar-refractivity contribution in [3.05, 3.63) is 0 Å². The number of rotatable bonds is 3. The van der Waals surface area contributed by atoms with Crippen molar-refractivity contribution >= 4 is 11.9 Å². The minimum absolute atomic E-state index is 0.0622. The van der Waals surface area contributed by atoms with Crippen molar-refractivity contribution < 1.29 is 19.1 Å². The molecule has 1 atom stereocenters. The molecule has 4 nitrogen and oxygen atoms in total. The van der Waals surface area contributed by atoms with Gasteiger partial charge < -0.3 is 9.47 Å².